The molecule has 1 atom stereocenters. The van der Waals surface area contributed by atoms with Crippen LogP contribution in [0.2, 0.25) is 4.34 Å². The van der Waals surface area contributed by atoms with Gasteiger partial charge >= 0.3 is 0 Å². The van der Waals surface area contributed by atoms with Gasteiger partial charge in [-0.3, -0.25) is 4.79 Å². The summed E-state index contributed by atoms with van der Waals surface area (Å²) in [6.07, 6.45) is 1.99. The Morgan fingerprint density at radius 2 is 2.31 bits per heavy atom. The van der Waals surface area contributed by atoms with Gasteiger partial charge in [-0.15, -0.1) is 22.9 Å². The second-order valence-electron chi connectivity index (χ2n) is 3.76. The molecule has 16 heavy (non-hydrogen) atoms. The number of rotatable bonds is 6. The van der Waals surface area contributed by atoms with Crippen LogP contribution in [0.3, 0.4) is 0 Å². The summed E-state index contributed by atoms with van der Waals surface area (Å²) in [5.74, 6) is 1.14. The van der Waals surface area contributed by atoms with Crippen molar-refractivity contribution >= 4 is 40.4 Å². The molecule has 1 unspecified atom stereocenters. The molecule has 1 heterocycles. The molecule has 1 aromatic rings. The summed E-state index contributed by atoms with van der Waals surface area (Å²) in [5, 5.41) is 2.86. The molecule has 0 saturated heterocycles. The number of amides is 1. The Hall–Kier alpha value is -0.250. The van der Waals surface area contributed by atoms with Crippen molar-refractivity contribution in [2.75, 3.05) is 12.4 Å². The normalized spacial score (nSPS) is 12.4. The van der Waals surface area contributed by atoms with Crippen LogP contribution in [0.1, 0.15) is 29.4 Å². The molecule has 0 saturated carbocycles. The predicted molar refractivity (Wildman–Crippen MR) is 70.8 cm³/mol. The summed E-state index contributed by atoms with van der Waals surface area (Å²) in [7, 11) is 0. The molecule has 0 aliphatic heterocycles. The number of hydrogen-bond acceptors (Lipinski definition) is 2. The van der Waals surface area contributed by atoms with E-state index in [9.17, 15) is 4.79 Å². The van der Waals surface area contributed by atoms with Gasteiger partial charge in [0, 0.05) is 12.4 Å². The van der Waals surface area contributed by atoms with Gasteiger partial charge in [0.15, 0.2) is 0 Å². The van der Waals surface area contributed by atoms with Crippen molar-refractivity contribution in [3.05, 3.63) is 21.3 Å². The minimum absolute atomic E-state index is 0.0459. The molecule has 0 aliphatic carbocycles. The van der Waals surface area contributed by atoms with Gasteiger partial charge in [0.25, 0.3) is 5.91 Å². The zero-order chi connectivity index (χ0) is 12.0. The lowest BCUT2D eigenvalue weighted by Crippen LogP contribution is -2.23. The molecule has 5 heteroatoms. The minimum Gasteiger partial charge on any atom is -0.351 e. The van der Waals surface area contributed by atoms with Crippen molar-refractivity contribution in [3.8, 4) is 0 Å². The van der Waals surface area contributed by atoms with E-state index in [1.54, 1.807) is 12.1 Å². The number of nitrogens with one attached hydrogen (secondary N) is 1. The van der Waals surface area contributed by atoms with Gasteiger partial charge in [0.1, 0.15) is 0 Å². The van der Waals surface area contributed by atoms with E-state index in [0.29, 0.717) is 27.6 Å². The lowest BCUT2D eigenvalue weighted by molar-refractivity contribution is 0.0956. The van der Waals surface area contributed by atoms with Crippen LogP contribution >= 0.6 is 34.5 Å². The number of thiophene rings is 1. The number of carbonyl (C=O) groups excluding carboxylic acids is 1. The Balaban J connectivity index is 2.21. The standard InChI is InChI=1S/C11H15Cl2NOS/c1-8(7-12)3-2-6-14-11(15)9-4-5-10(13)16-9/h4-5,8H,2-3,6-7H2,1H3,(H,14,15). The highest BCUT2D eigenvalue weighted by molar-refractivity contribution is 7.17. The number of halogens is 2. The summed E-state index contributed by atoms with van der Waals surface area (Å²) in [4.78, 5) is 12.2. The van der Waals surface area contributed by atoms with Crippen LogP contribution in [-0.2, 0) is 0 Å². The SMILES string of the molecule is CC(CCl)CCCNC(=O)c1ccc(Cl)s1. The molecule has 0 fully saturated rings. The van der Waals surface area contributed by atoms with Gasteiger partial charge in [0.2, 0.25) is 0 Å². The van der Waals surface area contributed by atoms with Crippen LogP contribution in [0.4, 0.5) is 0 Å². The van der Waals surface area contributed by atoms with Crippen molar-refractivity contribution in [2.24, 2.45) is 5.92 Å². The first-order valence-electron chi connectivity index (χ1n) is 5.23. The predicted octanol–water partition coefficient (Wildman–Crippen LogP) is 3.79. The molecule has 0 radical (unpaired) electrons. The van der Waals surface area contributed by atoms with E-state index in [-0.39, 0.29) is 5.91 Å². The van der Waals surface area contributed by atoms with Gasteiger partial charge in [-0.25, -0.2) is 0 Å². The summed E-state index contributed by atoms with van der Waals surface area (Å²) in [6.45, 7) is 2.80. The monoisotopic (exact) mass is 279 g/mol. The van der Waals surface area contributed by atoms with Crippen molar-refractivity contribution < 1.29 is 4.79 Å². The lowest BCUT2D eigenvalue weighted by Gasteiger charge is -2.07. The van der Waals surface area contributed by atoms with E-state index >= 15 is 0 Å². The molecule has 1 aromatic heterocycles. The van der Waals surface area contributed by atoms with E-state index < -0.39 is 0 Å². The third-order valence-electron chi connectivity index (χ3n) is 2.22. The summed E-state index contributed by atoms with van der Waals surface area (Å²) < 4.78 is 0.640. The minimum atomic E-state index is -0.0459. The average molecular weight is 280 g/mol. The molecule has 1 rings (SSSR count). The molecule has 0 aromatic carbocycles. The fourth-order valence-electron chi connectivity index (χ4n) is 1.25. The molecule has 0 spiro atoms. The van der Waals surface area contributed by atoms with Crippen LogP contribution < -0.4 is 5.32 Å². The molecule has 1 N–H and O–H groups in total. The number of alkyl halides is 1. The first-order valence-corrected chi connectivity index (χ1v) is 6.96. The molecular weight excluding hydrogens is 265 g/mol. The van der Waals surface area contributed by atoms with Gasteiger partial charge in [0.05, 0.1) is 9.21 Å². The molecule has 1 amide bonds. The quantitative estimate of drug-likeness (QED) is 0.623. The maximum absolute atomic E-state index is 11.6. The van der Waals surface area contributed by atoms with Crippen molar-refractivity contribution in [2.45, 2.75) is 19.8 Å². The summed E-state index contributed by atoms with van der Waals surface area (Å²) >= 11 is 12.7. The highest BCUT2D eigenvalue weighted by Crippen LogP contribution is 2.21. The maximum atomic E-state index is 11.6. The van der Waals surface area contributed by atoms with Gasteiger partial charge in [-0.2, -0.15) is 0 Å². The Bertz CT molecular complexity index is 340. The zero-order valence-electron chi connectivity index (χ0n) is 9.13. The van der Waals surface area contributed by atoms with Crippen LogP contribution in [0.25, 0.3) is 0 Å². The molecular formula is C11H15Cl2NOS. The van der Waals surface area contributed by atoms with Crippen LogP contribution in [-0.4, -0.2) is 18.3 Å². The maximum Gasteiger partial charge on any atom is 0.261 e. The molecule has 2 nitrogen and oxygen atoms in total. The van der Waals surface area contributed by atoms with E-state index in [1.165, 1.54) is 11.3 Å². The van der Waals surface area contributed by atoms with Gasteiger partial charge in [-0.05, 0) is 30.9 Å². The fourth-order valence-corrected chi connectivity index (χ4v) is 2.37. The van der Waals surface area contributed by atoms with Crippen LogP contribution in [0, 0.1) is 5.92 Å². The highest BCUT2D eigenvalue weighted by Gasteiger charge is 2.07. The Morgan fingerprint density at radius 1 is 1.56 bits per heavy atom. The highest BCUT2D eigenvalue weighted by atomic mass is 35.5. The summed E-state index contributed by atoms with van der Waals surface area (Å²) in [5.41, 5.74) is 0. The zero-order valence-corrected chi connectivity index (χ0v) is 11.5. The fraction of sp³-hybridized carbons (Fsp3) is 0.545. The first kappa shape index (κ1) is 13.8. The molecule has 90 valence electrons. The summed E-state index contributed by atoms with van der Waals surface area (Å²) in [6, 6.07) is 3.47. The van der Waals surface area contributed by atoms with Gasteiger partial charge in [-0.1, -0.05) is 18.5 Å². The smallest absolute Gasteiger partial charge is 0.261 e. The second-order valence-corrected chi connectivity index (χ2v) is 5.79. The van der Waals surface area contributed by atoms with Crippen LogP contribution in [0.5, 0.6) is 0 Å². The second kappa shape index (κ2) is 7.15. The largest absolute Gasteiger partial charge is 0.351 e. The Labute approximate surface area is 110 Å². The topological polar surface area (TPSA) is 29.1 Å². The van der Waals surface area contributed by atoms with E-state index in [1.807, 2.05) is 0 Å². The van der Waals surface area contributed by atoms with E-state index in [0.717, 1.165) is 12.8 Å². The number of hydrogen-bond donors (Lipinski definition) is 1. The van der Waals surface area contributed by atoms with Crippen LogP contribution in [0.15, 0.2) is 12.1 Å². The third kappa shape index (κ3) is 4.73. The Morgan fingerprint density at radius 3 is 2.88 bits per heavy atom. The third-order valence-corrected chi connectivity index (χ3v) is 3.98. The lowest BCUT2D eigenvalue weighted by atomic mass is 10.1. The van der Waals surface area contributed by atoms with E-state index in [4.69, 9.17) is 23.2 Å². The Kier molecular flexibility index (Phi) is 6.17. The number of carbonyl (C=O) groups is 1. The van der Waals surface area contributed by atoms with Crippen molar-refractivity contribution in [3.63, 3.8) is 0 Å². The average Bonchev–Trinajstić information content (AvgIpc) is 2.70. The molecule has 0 aliphatic rings. The van der Waals surface area contributed by atoms with Crippen molar-refractivity contribution in [1.82, 2.24) is 5.32 Å². The van der Waals surface area contributed by atoms with Crippen molar-refractivity contribution in [1.29, 1.82) is 0 Å². The van der Waals surface area contributed by atoms with Gasteiger partial charge < -0.3 is 5.32 Å². The molecule has 0 bridgehead atoms. The van der Waals surface area contributed by atoms with E-state index in [2.05, 4.69) is 12.2 Å². The first-order chi connectivity index (χ1) is 7.63.